The molecular formula is C16H23NO2. The average Bonchev–Trinajstić information content (AvgIpc) is 2.69. The lowest BCUT2D eigenvalue weighted by Crippen LogP contribution is -2.38. The van der Waals surface area contributed by atoms with E-state index in [-0.39, 0.29) is 5.91 Å². The largest absolute Gasteiger partial charge is 0.367 e. The van der Waals surface area contributed by atoms with Crippen molar-refractivity contribution in [2.24, 2.45) is 0 Å². The molecule has 3 nitrogen and oxygen atoms in total. The van der Waals surface area contributed by atoms with Gasteiger partial charge in [-0.15, -0.1) is 0 Å². The Morgan fingerprint density at radius 1 is 1.16 bits per heavy atom. The van der Waals surface area contributed by atoms with Gasteiger partial charge in [-0.2, -0.15) is 0 Å². The highest BCUT2D eigenvalue weighted by molar-refractivity contribution is 5.82. The standard InChI is InChI=1S/C16H23NO2/c1-19-15(13-9-5-4-6-10-13)16(18)17-14-11-7-2-3-8-12-14/h4-6,9-10,14-15H,2-3,7-8,11-12H2,1H3,(H,17,18)/t15-/m1/s1. The number of ether oxygens (including phenoxy) is 1. The molecule has 0 heterocycles. The van der Waals surface area contributed by atoms with E-state index in [4.69, 9.17) is 4.74 Å². The van der Waals surface area contributed by atoms with E-state index >= 15 is 0 Å². The quantitative estimate of drug-likeness (QED) is 0.845. The van der Waals surface area contributed by atoms with E-state index in [2.05, 4.69) is 5.32 Å². The molecule has 1 aromatic carbocycles. The number of hydrogen-bond acceptors (Lipinski definition) is 2. The van der Waals surface area contributed by atoms with Gasteiger partial charge in [0.05, 0.1) is 0 Å². The summed E-state index contributed by atoms with van der Waals surface area (Å²) in [5.41, 5.74) is 0.913. The molecule has 0 unspecified atom stereocenters. The summed E-state index contributed by atoms with van der Waals surface area (Å²) in [6, 6.07) is 9.98. The Hall–Kier alpha value is -1.35. The second kappa shape index (κ2) is 7.29. The van der Waals surface area contributed by atoms with Gasteiger partial charge in [-0.25, -0.2) is 0 Å². The highest BCUT2D eigenvalue weighted by Gasteiger charge is 2.23. The van der Waals surface area contributed by atoms with Crippen LogP contribution in [-0.2, 0) is 9.53 Å². The van der Waals surface area contributed by atoms with Crippen LogP contribution in [0, 0.1) is 0 Å². The highest BCUT2D eigenvalue weighted by atomic mass is 16.5. The predicted molar refractivity (Wildman–Crippen MR) is 75.8 cm³/mol. The normalized spacial score (nSPS) is 18.6. The Labute approximate surface area is 115 Å². The first-order valence-corrected chi connectivity index (χ1v) is 7.19. The van der Waals surface area contributed by atoms with Crippen molar-refractivity contribution in [3.8, 4) is 0 Å². The fourth-order valence-electron chi connectivity index (χ4n) is 2.72. The van der Waals surface area contributed by atoms with E-state index in [1.807, 2.05) is 30.3 Å². The molecule has 1 aliphatic carbocycles. The van der Waals surface area contributed by atoms with Crippen LogP contribution in [0.5, 0.6) is 0 Å². The Bertz CT molecular complexity index is 383. The maximum absolute atomic E-state index is 12.3. The van der Waals surface area contributed by atoms with Crippen LogP contribution < -0.4 is 5.32 Å². The molecule has 1 aliphatic rings. The van der Waals surface area contributed by atoms with Crippen LogP contribution in [-0.4, -0.2) is 19.1 Å². The van der Waals surface area contributed by atoms with Crippen molar-refractivity contribution in [3.05, 3.63) is 35.9 Å². The minimum atomic E-state index is -0.496. The third kappa shape index (κ3) is 4.06. The van der Waals surface area contributed by atoms with Crippen LogP contribution in [0.15, 0.2) is 30.3 Å². The molecule has 1 fully saturated rings. The molecule has 1 N–H and O–H groups in total. The summed E-state index contributed by atoms with van der Waals surface area (Å²) < 4.78 is 5.36. The minimum absolute atomic E-state index is 0.0133. The third-order valence-electron chi connectivity index (χ3n) is 3.78. The van der Waals surface area contributed by atoms with Gasteiger partial charge >= 0.3 is 0 Å². The Morgan fingerprint density at radius 3 is 2.37 bits per heavy atom. The second-order valence-electron chi connectivity index (χ2n) is 5.22. The number of carbonyl (C=O) groups is 1. The molecule has 0 radical (unpaired) electrons. The second-order valence-corrected chi connectivity index (χ2v) is 5.22. The summed E-state index contributed by atoms with van der Waals surface area (Å²) >= 11 is 0. The SMILES string of the molecule is CO[C@@H](C(=O)NC1CCCCCC1)c1ccccc1. The van der Waals surface area contributed by atoms with E-state index in [9.17, 15) is 4.79 Å². The van der Waals surface area contributed by atoms with Crippen LogP contribution >= 0.6 is 0 Å². The number of nitrogens with one attached hydrogen (secondary N) is 1. The summed E-state index contributed by atoms with van der Waals surface area (Å²) in [5.74, 6) is -0.0133. The van der Waals surface area contributed by atoms with Crippen LogP contribution in [0.4, 0.5) is 0 Å². The van der Waals surface area contributed by atoms with E-state index in [1.165, 1.54) is 25.7 Å². The Morgan fingerprint density at radius 2 is 1.79 bits per heavy atom. The van der Waals surface area contributed by atoms with Crippen molar-refractivity contribution in [3.63, 3.8) is 0 Å². The van der Waals surface area contributed by atoms with Gasteiger partial charge in [0.1, 0.15) is 0 Å². The molecule has 0 aliphatic heterocycles. The Kier molecular flexibility index (Phi) is 5.40. The molecule has 2 rings (SSSR count). The van der Waals surface area contributed by atoms with Gasteiger partial charge in [0.25, 0.3) is 5.91 Å². The average molecular weight is 261 g/mol. The molecule has 1 atom stereocenters. The number of methoxy groups -OCH3 is 1. The highest BCUT2D eigenvalue weighted by Crippen LogP contribution is 2.20. The van der Waals surface area contributed by atoms with E-state index < -0.39 is 6.10 Å². The summed E-state index contributed by atoms with van der Waals surface area (Å²) in [5, 5.41) is 3.14. The molecule has 1 aromatic rings. The zero-order valence-corrected chi connectivity index (χ0v) is 11.6. The smallest absolute Gasteiger partial charge is 0.253 e. The summed E-state index contributed by atoms with van der Waals surface area (Å²) in [6.45, 7) is 0. The molecule has 19 heavy (non-hydrogen) atoms. The summed E-state index contributed by atoms with van der Waals surface area (Å²) in [7, 11) is 1.59. The van der Waals surface area contributed by atoms with Gasteiger partial charge < -0.3 is 10.1 Å². The summed E-state index contributed by atoms with van der Waals surface area (Å²) in [4.78, 5) is 12.3. The van der Waals surface area contributed by atoms with Crippen molar-refractivity contribution in [1.29, 1.82) is 0 Å². The fourth-order valence-corrected chi connectivity index (χ4v) is 2.72. The molecule has 1 amide bonds. The predicted octanol–water partition coefficient (Wildman–Crippen LogP) is 3.21. The lowest BCUT2D eigenvalue weighted by molar-refractivity contribution is -0.132. The number of carbonyl (C=O) groups excluding carboxylic acids is 1. The molecule has 3 heteroatoms. The van der Waals surface area contributed by atoms with Gasteiger partial charge in [-0.1, -0.05) is 56.0 Å². The molecule has 1 saturated carbocycles. The molecule has 0 saturated heterocycles. The van der Waals surface area contributed by atoms with Crippen LogP contribution in [0.1, 0.15) is 50.2 Å². The first-order valence-electron chi connectivity index (χ1n) is 7.19. The van der Waals surface area contributed by atoms with E-state index in [0.29, 0.717) is 6.04 Å². The van der Waals surface area contributed by atoms with Crippen molar-refractivity contribution in [2.75, 3.05) is 7.11 Å². The molecule has 104 valence electrons. The van der Waals surface area contributed by atoms with Crippen molar-refractivity contribution >= 4 is 5.91 Å². The van der Waals surface area contributed by atoms with Gasteiger partial charge in [0, 0.05) is 13.2 Å². The number of hydrogen-bond donors (Lipinski definition) is 1. The zero-order valence-electron chi connectivity index (χ0n) is 11.6. The number of rotatable bonds is 4. The van der Waals surface area contributed by atoms with Crippen LogP contribution in [0.25, 0.3) is 0 Å². The van der Waals surface area contributed by atoms with Gasteiger partial charge in [-0.05, 0) is 18.4 Å². The van der Waals surface area contributed by atoms with Gasteiger partial charge in [0.15, 0.2) is 6.10 Å². The molecular weight excluding hydrogens is 238 g/mol. The van der Waals surface area contributed by atoms with Crippen molar-refractivity contribution in [1.82, 2.24) is 5.32 Å². The Balaban J connectivity index is 1.96. The summed E-state index contributed by atoms with van der Waals surface area (Å²) in [6.07, 6.45) is 6.71. The first kappa shape index (κ1) is 14.1. The fraction of sp³-hybridized carbons (Fsp3) is 0.562. The lowest BCUT2D eigenvalue weighted by atomic mass is 10.1. The van der Waals surface area contributed by atoms with Crippen LogP contribution in [0.2, 0.25) is 0 Å². The van der Waals surface area contributed by atoms with Crippen LogP contribution in [0.3, 0.4) is 0 Å². The first-order chi connectivity index (χ1) is 9.31. The lowest BCUT2D eigenvalue weighted by Gasteiger charge is -2.21. The van der Waals surface area contributed by atoms with Gasteiger partial charge in [0.2, 0.25) is 0 Å². The third-order valence-corrected chi connectivity index (χ3v) is 3.78. The van der Waals surface area contributed by atoms with E-state index in [0.717, 1.165) is 18.4 Å². The topological polar surface area (TPSA) is 38.3 Å². The zero-order chi connectivity index (χ0) is 13.5. The van der Waals surface area contributed by atoms with Crippen molar-refractivity contribution in [2.45, 2.75) is 50.7 Å². The number of benzene rings is 1. The van der Waals surface area contributed by atoms with Crippen molar-refractivity contribution < 1.29 is 9.53 Å². The minimum Gasteiger partial charge on any atom is -0.367 e. The maximum atomic E-state index is 12.3. The number of amides is 1. The molecule has 0 spiro atoms. The van der Waals surface area contributed by atoms with E-state index in [1.54, 1.807) is 7.11 Å². The molecule has 0 bridgehead atoms. The maximum Gasteiger partial charge on any atom is 0.253 e. The molecule has 0 aromatic heterocycles. The monoisotopic (exact) mass is 261 g/mol. The van der Waals surface area contributed by atoms with Gasteiger partial charge in [-0.3, -0.25) is 4.79 Å².